The number of hydrogen-bond acceptors (Lipinski definition) is 5. The van der Waals surface area contributed by atoms with Crippen LogP contribution in [0, 0.1) is 0 Å². The Bertz CT molecular complexity index is 938. The summed E-state index contributed by atoms with van der Waals surface area (Å²) in [6.07, 6.45) is 1.28. The molecule has 0 bridgehead atoms. The maximum Gasteiger partial charge on any atom is 0.258 e. The summed E-state index contributed by atoms with van der Waals surface area (Å²) in [5.41, 5.74) is 0.872. The number of nitrogens with one attached hydrogen (secondary N) is 2. The van der Waals surface area contributed by atoms with E-state index in [4.69, 9.17) is 0 Å². The SMILES string of the molecule is O=C(Nc1ncn[nH]1)c1cccc(CS(=O)(=O)c2ccccc2)c1. The van der Waals surface area contributed by atoms with Crippen molar-refractivity contribution in [2.75, 3.05) is 5.32 Å². The Morgan fingerprint density at radius 1 is 1.08 bits per heavy atom. The number of sulfone groups is 1. The third-order valence-electron chi connectivity index (χ3n) is 3.30. The molecule has 7 nitrogen and oxygen atoms in total. The van der Waals surface area contributed by atoms with E-state index in [0.29, 0.717) is 11.1 Å². The fourth-order valence-electron chi connectivity index (χ4n) is 2.18. The van der Waals surface area contributed by atoms with Crippen molar-refractivity contribution in [1.29, 1.82) is 0 Å². The van der Waals surface area contributed by atoms with Crippen LogP contribution < -0.4 is 5.32 Å². The highest BCUT2D eigenvalue weighted by Gasteiger charge is 2.16. The van der Waals surface area contributed by atoms with Gasteiger partial charge in [-0.3, -0.25) is 10.1 Å². The van der Waals surface area contributed by atoms with E-state index >= 15 is 0 Å². The van der Waals surface area contributed by atoms with Gasteiger partial charge in [0.15, 0.2) is 9.84 Å². The number of hydrogen-bond donors (Lipinski definition) is 2. The van der Waals surface area contributed by atoms with Crippen LogP contribution >= 0.6 is 0 Å². The molecule has 0 aliphatic rings. The molecule has 2 N–H and O–H groups in total. The van der Waals surface area contributed by atoms with Crippen LogP contribution in [0.2, 0.25) is 0 Å². The molecule has 0 saturated heterocycles. The maximum atomic E-state index is 12.4. The maximum absolute atomic E-state index is 12.4. The van der Waals surface area contributed by atoms with Gasteiger partial charge in [-0.2, -0.15) is 10.1 Å². The monoisotopic (exact) mass is 342 g/mol. The molecule has 0 radical (unpaired) electrons. The molecule has 1 aromatic heterocycles. The highest BCUT2D eigenvalue weighted by molar-refractivity contribution is 7.90. The molecular weight excluding hydrogens is 328 g/mol. The van der Waals surface area contributed by atoms with Gasteiger partial charge in [0.2, 0.25) is 5.95 Å². The van der Waals surface area contributed by atoms with Crippen LogP contribution in [0.25, 0.3) is 0 Å². The lowest BCUT2D eigenvalue weighted by Crippen LogP contribution is -2.13. The van der Waals surface area contributed by atoms with Gasteiger partial charge >= 0.3 is 0 Å². The standard InChI is InChI=1S/C16H14N4O3S/c21-15(19-16-17-11-18-20-16)13-6-4-5-12(9-13)10-24(22,23)14-7-2-1-3-8-14/h1-9,11H,10H2,(H2,17,18,19,20,21). The summed E-state index contributed by atoms with van der Waals surface area (Å²) >= 11 is 0. The summed E-state index contributed by atoms with van der Waals surface area (Å²) in [6, 6.07) is 14.7. The minimum absolute atomic E-state index is 0.180. The number of nitrogens with zero attached hydrogens (tertiary/aromatic N) is 2. The van der Waals surface area contributed by atoms with Crippen LogP contribution in [-0.4, -0.2) is 29.5 Å². The number of aromatic nitrogens is 3. The minimum Gasteiger partial charge on any atom is -0.291 e. The zero-order valence-corrected chi connectivity index (χ0v) is 13.3. The number of rotatable bonds is 5. The fourth-order valence-corrected chi connectivity index (χ4v) is 3.54. The smallest absolute Gasteiger partial charge is 0.258 e. The van der Waals surface area contributed by atoms with Crippen molar-refractivity contribution in [1.82, 2.24) is 15.2 Å². The Kier molecular flexibility index (Phi) is 4.39. The Hall–Kier alpha value is -3.00. The minimum atomic E-state index is -3.47. The van der Waals surface area contributed by atoms with Crippen molar-refractivity contribution in [3.05, 3.63) is 72.1 Å². The predicted molar refractivity (Wildman–Crippen MR) is 88.1 cm³/mol. The Morgan fingerprint density at radius 3 is 2.58 bits per heavy atom. The van der Waals surface area contributed by atoms with Crippen LogP contribution in [-0.2, 0) is 15.6 Å². The van der Waals surface area contributed by atoms with Gasteiger partial charge in [-0.1, -0.05) is 30.3 Å². The van der Waals surface area contributed by atoms with Gasteiger partial charge in [-0.15, -0.1) is 0 Å². The molecule has 2 aromatic carbocycles. The quantitative estimate of drug-likeness (QED) is 0.738. The van der Waals surface area contributed by atoms with E-state index in [1.807, 2.05) is 0 Å². The fraction of sp³-hybridized carbons (Fsp3) is 0.0625. The van der Waals surface area contributed by atoms with E-state index in [0.717, 1.165) is 0 Å². The molecule has 0 aliphatic heterocycles. The lowest BCUT2D eigenvalue weighted by molar-refractivity contribution is 0.102. The Balaban J connectivity index is 1.79. The second-order valence-electron chi connectivity index (χ2n) is 5.06. The van der Waals surface area contributed by atoms with Crippen molar-refractivity contribution in [3.8, 4) is 0 Å². The number of benzene rings is 2. The summed E-state index contributed by atoms with van der Waals surface area (Å²) in [5.74, 6) is -0.353. The van der Waals surface area contributed by atoms with Crippen LogP contribution in [0.15, 0.2) is 65.8 Å². The topological polar surface area (TPSA) is 105 Å². The van der Waals surface area contributed by atoms with Gasteiger partial charge in [-0.05, 0) is 29.8 Å². The van der Waals surface area contributed by atoms with Gasteiger partial charge in [-0.25, -0.2) is 13.5 Å². The van der Waals surface area contributed by atoms with E-state index in [1.165, 1.54) is 6.33 Å². The van der Waals surface area contributed by atoms with Crippen LogP contribution in [0.3, 0.4) is 0 Å². The molecule has 0 spiro atoms. The molecular formula is C16H14N4O3S. The van der Waals surface area contributed by atoms with Crippen LogP contribution in [0.4, 0.5) is 5.95 Å². The number of H-pyrrole nitrogens is 1. The third-order valence-corrected chi connectivity index (χ3v) is 5.00. The number of carbonyl (C=O) groups excluding carboxylic acids is 1. The Morgan fingerprint density at radius 2 is 1.88 bits per heavy atom. The summed E-state index contributed by atoms with van der Waals surface area (Å²) in [4.78, 5) is 16.2. The zero-order valence-electron chi connectivity index (χ0n) is 12.5. The lowest BCUT2D eigenvalue weighted by atomic mass is 10.1. The summed E-state index contributed by atoms with van der Waals surface area (Å²) < 4.78 is 24.8. The van der Waals surface area contributed by atoms with Gasteiger partial charge in [0.05, 0.1) is 10.6 Å². The molecule has 122 valence electrons. The molecule has 24 heavy (non-hydrogen) atoms. The van der Waals surface area contributed by atoms with Gasteiger partial charge in [0.25, 0.3) is 5.91 Å². The van der Waals surface area contributed by atoms with Gasteiger partial charge in [0, 0.05) is 5.56 Å². The first-order chi connectivity index (χ1) is 11.5. The highest BCUT2D eigenvalue weighted by Crippen LogP contribution is 2.17. The van der Waals surface area contributed by atoms with E-state index in [1.54, 1.807) is 54.6 Å². The molecule has 0 fully saturated rings. The molecule has 1 heterocycles. The first-order valence-corrected chi connectivity index (χ1v) is 8.73. The Labute approximate surface area is 138 Å². The van der Waals surface area contributed by atoms with Crippen LogP contribution in [0.5, 0.6) is 0 Å². The van der Waals surface area contributed by atoms with Crippen molar-refractivity contribution in [2.24, 2.45) is 0 Å². The van der Waals surface area contributed by atoms with Crippen LogP contribution in [0.1, 0.15) is 15.9 Å². The second kappa shape index (κ2) is 6.63. The molecule has 1 amide bonds. The first kappa shape index (κ1) is 15.9. The number of anilines is 1. The lowest BCUT2D eigenvalue weighted by Gasteiger charge is -2.07. The molecule has 8 heteroatoms. The largest absolute Gasteiger partial charge is 0.291 e. The molecule has 3 aromatic rings. The van der Waals surface area contributed by atoms with E-state index in [-0.39, 0.29) is 16.6 Å². The van der Waals surface area contributed by atoms with E-state index in [9.17, 15) is 13.2 Å². The van der Waals surface area contributed by atoms with Gasteiger partial charge in [0.1, 0.15) is 6.33 Å². The second-order valence-corrected chi connectivity index (χ2v) is 7.05. The number of carbonyl (C=O) groups is 1. The average molecular weight is 342 g/mol. The molecule has 0 unspecified atom stereocenters. The zero-order chi connectivity index (χ0) is 17.0. The summed E-state index contributed by atoms with van der Waals surface area (Å²) in [7, 11) is -3.47. The molecule has 3 rings (SSSR count). The molecule has 0 aliphatic carbocycles. The van der Waals surface area contributed by atoms with E-state index in [2.05, 4.69) is 20.5 Å². The van der Waals surface area contributed by atoms with Gasteiger partial charge < -0.3 is 0 Å². The van der Waals surface area contributed by atoms with Crippen molar-refractivity contribution in [2.45, 2.75) is 10.6 Å². The normalized spacial score (nSPS) is 11.2. The molecule has 0 saturated carbocycles. The first-order valence-electron chi connectivity index (χ1n) is 7.08. The third kappa shape index (κ3) is 3.66. The van der Waals surface area contributed by atoms with E-state index < -0.39 is 15.7 Å². The number of aromatic amines is 1. The highest BCUT2D eigenvalue weighted by atomic mass is 32.2. The average Bonchev–Trinajstić information content (AvgIpc) is 3.08. The summed E-state index contributed by atoms with van der Waals surface area (Å²) in [6.45, 7) is 0. The molecule has 0 atom stereocenters. The summed E-state index contributed by atoms with van der Waals surface area (Å²) in [5, 5.41) is 8.70. The van der Waals surface area contributed by atoms with Crippen molar-refractivity contribution >= 4 is 21.7 Å². The van der Waals surface area contributed by atoms with Crippen molar-refractivity contribution in [3.63, 3.8) is 0 Å². The predicted octanol–water partition coefficient (Wildman–Crippen LogP) is 2.03. The van der Waals surface area contributed by atoms with Crippen molar-refractivity contribution < 1.29 is 13.2 Å². The number of amides is 1.